The van der Waals surface area contributed by atoms with Crippen LogP contribution in [0.2, 0.25) is 0 Å². The zero-order valence-electron chi connectivity index (χ0n) is 44.7. The van der Waals surface area contributed by atoms with Gasteiger partial charge in [0.25, 0.3) is 0 Å². The van der Waals surface area contributed by atoms with E-state index in [-0.39, 0.29) is 25.9 Å². The van der Waals surface area contributed by atoms with Crippen LogP contribution in [0.15, 0.2) is 60.8 Å². The predicted molar refractivity (Wildman–Crippen MR) is 285 cm³/mol. The van der Waals surface area contributed by atoms with Crippen molar-refractivity contribution >= 4 is 23.9 Å². The molecule has 1 aliphatic rings. The molecule has 1 aliphatic heterocycles. The third-order valence-electron chi connectivity index (χ3n) is 12.6. The SMILES string of the molecule is CC/C=C\C/C=C\C/C=C\C/C=C\C/C=C\CCCC(=O)OCC(COC1OC(C(=O)O)C(O)C(O)C1OC(=O)CCCCCCCCCCCCCCCCC)OC(=O)CCCCCCCCCCC. The minimum atomic E-state index is -1.91. The van der Waals surface area contributed by atoms with Crippen molar-refractivity contribution in [1.82, 2.24) is 0 Å². The summed E-state index contributed by atoms with van der Waals surface area (Å²) in [5, 5.41) is 31.4. The Balaban J connectivity index is 2.70. The number of hydrogen-bond donors (Lipinski definition) is 3. The lowest BCUT2D eigenvalue weighted by atomic mass is 9.98. The fraction of sp³-hybridized carbons (Fsp3) is 0.763. The molecule has 0 bridgehead atoms. The second kappa shape index (κ2) is 47.4. The maximum absolute atomic E-state index is 13.0. The highest BCUT2D eigenvalue weighted by atomic mass is 16.7. The Morgan fingerprint density at radius 1 is 0.479 bits per heavy atom. The Morgan fingerprint density at radius 2 is 0.887 bits per heavy atom. The number of unbranched alkanes of at least 4 members (excludes halogenated alkanes) is 23. The summed E-state index contributed by atoms with van der Waals surface area (Å²) in [5.74, 6) is -3.19. The molecule has 0 spiro atoms. The molecule has 3 N–H and O–H groups in total. The summed E-state index contributed by atoms with van der Waals surface area (Å²) in [6, 6.07) is 0. The molecule has 12 nitrogen and oxygen atoms in total. The minimum Gasteiger partial charge on any atom is -0.479 e. The van der Waals surface area contributed by atoms with E-state index in [1.54, 1.807) is 0 Å². The maximum atomic E-state index is 13.0. The van der Waals surface area contributed by atoms with Crippen molar-refractivity contribution in [1.29, 1.82) is 0 Å². The molecule has 1 rings (SSSR count). The molecular weight excluding hydrogens is 901 g/mol. The summed E-state index contributed by atoms with van der Waals surface area (Å²) in [7, 11) is 0. The van der Waals surface area contributed by atoms with Crippen molar-refractivity contribution < 1.29 is 58.2 Å². The zero-order valence-corrected chi connectivity index (χ0v) is 44.7. The number of aliphatic hydroxyl groups excluding tert-OH is 2. The molecule has 71 heavy (non-hydrogen) atoms. The Kier molecular flexibility index (Phi) is 43.7. The third kappa shape index (κ3) is 37.8. The van der Waals surface area contributed by atoms with E-state index in [4.69, 9.17) is 23.7 Å². The van der Waals surface area contributed by atoms with Crippen LogP contribution in [0.4, 0.5) is 0 Å². The van der Waals surface area contributed by atoms with Crippen molar-refractivity contribution in [2.45, 2.75) is 276 Å². The average Bonchev–Trinajstić information content (AvgIpc) is 3.35. The lowest BCUT2D eigenvalue weighted by Gasteiger charge is -2.40. The van der Waals surface area contributed by atoms with Gasteiger partial charge >= 0.3 is 23.9 Å². The van der Waals surface area contributed by atoms with Gasteiger partial charge in [0, 0.05) is 19.3 Å². The molecule has 1 saturated heterocycles. The molecule has 6 atom stereocenters. The highest BCUT2D eigenvalue weighted by Crippen LogP contribution is 2.26. The van der Waals surface area contributed by atoms with Gasteiger partial charge in [-0.1, -0.05) is 223 Å². The Morgan fingerprint density at radius 3 is 1.34 bits per heavy atom. The number of allylic oxidation sites excluding steroid dienone is 10. The molecule has 408 valence electrons. The number of hydrogen-bond acceptors (Lipinski definition) is 11. The zero-order chi connectivity index (χ0) is 51.8. The first-order valence-corrected chi connectivity index (χ1v) is 28.3. The molecule has 0 amide bonds. The summed E-state index contributed by atoms with van der Waals surface area (Å²) >= 11 is 0. The normalized spacial score (nSPS) is 18.9. The Hall–Kier alpha value is -3.58. The van der Waals surface area contributed by atoms with Gasteiger partial charge in [-0.2, -0.15) is 0 Å². The molecule has 6 unspecified atom stereocenters. The number of rotatable bonds is 47. The van der Waals surface area contributed by atoms with Crippen LogP contribution < -0.4 is 0 Å². The highest BCUT2D eigenvalue weighted by Gasteiger charge is 2.50. The van der Waals surface area contributed by atoms with E-state index in [1.165, 1.54) is 96.3 Å². The van der Waals surface area contributed by atoms with Crippen molar-refractivity contribution in [3.05, 3.63) is 60.8 Å². The van der Waals surface area contributed by atoms with Gasteiger partial charge in [-0.3, -0.25) is 14.4 Å². The van der Waals surface area contributed by atoms with Crippen molar-refractivity contribution in [2.24, 2.45) is 0 Å². The van der Waals surface area contributed by atoms with Gasteiger partial charge in [0.1, 0.15) is 18.8 Å². The molecule has 0 aromatic carbocycles. The third-order valence-corrected chi connectivity index (χ3v) is 12.6. The summed E-state index contributed by atoms with van der Waals surface area (Å²) < 4.78 is 28.3. The molecule has 1 heterocycles. The fourth-order valence-corrected chi connectivity index (χ4v) is 8.29. The van der Waals surface area contributed by atoms with Crippen molar-refractivity contribution in [3.63, 3.8) is 0 Å². The number of aliphatic carboxylic acids is 1. The van der Waals surface area contributed by atoms with Gasteiger partial charge in [-0.05, 0) is 57.8 Å². The van der Waals surface area contributed by atoms with E-state index in [0.717, 1.165) is 77.0 Å². The monoisotopic (exact) mass is 1000 g/mol. The summed E-state index contributed by atoms with van der Waals surface area (Å²) in [6.07, 6.45) is 45.0. The first kappa shape index (κ1) is 65.4. The van der Waals surface area contributed by atoms with Crippen molar-refractivity contribution in [3.8, 4) is 0 Å². The summed E-state index contributed by atoms with van der Waals surface area (Å²) in [4.78, 5) is 50.9. The number of carboxylic acid groups (broad SMARTS) is 1. The van der Waals surface area contributed by atoms with Crippen LogP contribution in [-0.4, -0.2) is 89.2 Å². The molecule has 0 aliphatic carbocycles. The minimum absolute atomic E-state index is 0.0583. The van der Waals surface area contributed by atoms with Gasteiger partial charge in [-0.25, -0.2) is 4.79 Å². The van der Waals surface area contributed by atoms with Gasteiger partial charge < -0.3 is 39.0 Å². The summed E-state index contributed by atoms with van der Waals surface area (Å²) in [6.45, 7) is 5.80. The summed E-state index contributed by atoms with van der Waals surface area (Å²) in [5.41, 5.74) is 0. The number of ether oxygens (including phenoxy) is 5. The number of carboxylic acids is 1. The van der Waals surface area contributed by atoms with Gasteiger partial charge in [0.15, 0.2) is 24.6 Å². The second-order valence-electron chi connectivity index (χ2n) is 19.2. The Bertz CT molecular complexity index is 1470. The highest BCUT2D eigenvalue weighted by molar-refractivity contribution is 5.74. The van der Waals surface area contributed by atoms with E-state index in [0.29, 0.717) is 25.7 Å². The fourth-order valence-electron chi connectivity index (χ4n) is 8.29. The van der Waals surface area contributed by atoms with Crippen LogP contribution in [0.3, 0.4) is 0 Å². The molecule has 0 radical (unpaired) electrons. The first-order chi connectivity index (χ1) is 34.6. The van der Waals surface area contributed by atoms with Gasteiger partial charge in [0.2, 0.25) is 0 Å². The number of carbonyl (C=O) groups is 4. The van der Waals surface area contributed by atoms with E-state index in [9.17, 15) is 34.5 Å². The molecule has 1 fully saturated rings. The number of carbonyl (C=O) groups excluding carboxylic acids is 3. The smallest absolute Gasteiger partial charge is 0.335 e. The maximum Gasteiger partial charge on any atom is 0.335 e. The molecule has 12 heteroatoms. The lowest BCUT2D eigenvalue weighted by Crippen LogP contribution is -2.61. The standard InChI is InChI=1S/C59H100O12/c1-4-7-10-13-16-19-21-23-25-26-28-29-31-34-36-39-42-45-51(60)67-48-50(69-52(61)46-43-40-37-33-18-15-12-9-6-3)49-68-59-57(55(64)54(63)56(71-59)58(65)66)70-53(62)47-44-41-38-35-32-30-27-24-22-20-17-14-11-8-5-2/h7,10,16,19,23,25,28-29,34,36,50,54-57,59,63-64H,4-6,8-9,11-15,17-18,20-22,24,26-27,30-33,35,37-49H2,1-3H3,(H,65,66)/b10-7-,19-16-,25-23-,29-28-,36-34-. The van der Waals surface area contributed by atoms with Crippen LogP contribution in [-0.2, 0) is 42.9 Å². The number of aliphatic hydroxyl groups is 2. The first-order valence-electron chi connectivity index (χ1n) is 28.3. The van der Waals surface area contributed by atoms with E-state index in [1.807, 2.05) is 6.08 Å². The van der Waals surface area contributed by atoms with Crippen LogP contribution in [0.5, 0.6) is 0 Å². The van der Waals surface area contributed by atoms with Crippen LogP contribution in [0, 0.1) is 0 Å². The van der Waals surface area contributed by atoms with E-state index >= 15 is 0 Å². The number of esters is 3. The van der Waals surface area contributed by atoms with E-state index in [2.05, 4.69) is 75.5 Å². The Labute approximate surface area is 430 Å². The van der Waals surface area contributed by atoms with Crippen LogP contribution in [0.25, 0.3) is 0 Å². The van der Waals surface area contributed by atoms with Gasteiger partial charge in [0.05, 0.1) is 6.61 Å². The van der Waals surface area contributed by atoms with Crippen LogP contribution in [0.1, 0.15) is 239 Å². The average molecular weight is 1000 g/mol. The quantitative estimate of drug-likeness (QED) is 0.0228. The van der Waals surface area contributed by atoms with E-state index < -0.39 is 67.3 Å². The molecular formula is C59H100O12. The second-order valence-corrected chi connectivity index (χ2v) is 19.2. The molecule has 0 saturated carbocycles. The molecule has 0 aromatic heterocycles. The van der Waals surface area contributed by atoms with Crippen LogP contribution >= 0.6 is 0 Å². The topological polar surface area (TPSA) is 175 Å². The van der Waals surface area contributed by atoms with Crippen molar-refractivity contribution in [2.75, 3.05) is 13.2 Å². The predicted octanol–water partition coefficient (Wildman–Crippen LogP) is 14.0. The largest absolute Gasteiger partial charge is 0.479 e. The molecule has 0 aromatic rings. The van der Waals surface area contributed by atoms with Gasteiger partial charge in [-0.15, -0.1) is 0 Å². The lowest BCUT2D eigenvalue weighted by molar-refractivity contribution is -0.301.